The topological polar surface area (TPSA) is 26.3 Å². The minimum Gasteiger partial charge on any atom is -0.466 e. The molecule has 0 bridgehead atoms. The van der Waals surface area contributed by atoms with Gasteiger partial charge in [0.1, 0.15) is 0 Å². The third-order valence-electron chi connectivity index (χ3n) is 4.47. The van der Waals surface area contributed by atoms with Crippen molar-refractivity contribution >= 4 is 50.6 Å². The maximum atomic E-state index is 11.8. The van der Waals surface area contributed by atoms with Crippen LogP contribution in [0.1, 0.15) is 42.2 Å². The summed E-state index contributed by atoms with van der Waals surface area (Å²) in [4.78, 5) is 13.0. The van der Waals surface area contributed by atoms with Crippen molar-refractivity contribution in [3.8, 4) is 0 Å². The number of unbranched alkanes of at least 4 members (excludes halogenated alkanes) is 1. The van der Waals surface area contributed by atoms with Crippen molar-refractivity contribution in [3.05, 3.63) is 68.5 Å². The van der Waals surface area contributed by atoms with Crippen molar-refractivity contribution in [1.29, 1.82) is 0 Å². The molecule has 0 radical (unpaired) electrons. The number of aryl methyl sites for hydroxylation is 1. The molecule has 3 rings (SSSR count). The molecule has 0 fully saturated rings. The van der Waals surface area contributed by atoms with Crippen molar-refractivity contribution < 1.29 is 9.53 Å². The summed E-state index contributed by atoms with van der Waals surface area (Å²) >= 11 is 14.4. The van der Waals surface area contributed by atoms with Crippen LogP contribution in [0.25, 0.3) is 10.1 Å². The second kappa shape index (κ2) is 9.59. The largest absolute Gasteiger partial charge is 0.466 e. The lowest BCUT2D eigenvalue weighted by Crippen LogP contribution is -2.06. The number of ether oxygens (including phenoxy) is 1. The van der Waals surface area contributed by atoms with Gasteiger partial charge in [-0.1, -0.05) is 54.7 Å². The summed E-state index contributed by atoms with van der Waals surface area (Å²) in [6, 6.07) is 14.1. The van der Waals surface area contributed by atoms with Crippen LogP contribution in [0.3, 0.4) is 0 Å². The summed E-state index contributed by atoms with van der Waals surface area (Å²) in [7, 11) is 0. The van der Waals surface area contributed by atoms with Crippen molar-refractivity contribution in [2.45, 2.75) is 39.0 Å². The predicted octanol–water partition coefficient (Wildman–Crippen LogP) is 7.07. The molecule has 0 aliphatic heterocycles. The first-order valence-corrected chi connectivity index (χ1v) is 10.7. The van der Waals surface area contributed by atoms with Crippen LogP contribution in [-0.4, -0.2) is 12.6 Å². The summed E-state index contributed by atoms with van der Waals surface area (Å²) < 4.78 is 6.46. The van der Waals surface area contributed by atoms with Crippen molar-refractivity contribution in [2.75, 3.05) is 6.61 Å². The molecule has 0 amide bonds. The summed E-state index contributed by atoms with van der Waals surface area (Å²) in [5.41, 5.74) is 2.14. The van der Waals surface area contributed by atoms with E-state index in [9.17, 15) is 4.79 Å². The normalized spacial score (nSPS) is 11.1. The molecule has 3 aromatic rings. The first-order valence-electron chi connectivity index (χ1n) is 9.17. The minimum atomic E-state index is -0.121. The first-order chi connectivity index (χ1) is 13.1. The summed E-state index contributed by atoms with van der Waals surface area (Å²) in [5, 5.41) is 2.57. The molecule has 0 saturated heterocycles. The van der Waals surface area contributed by atoms with E-state index >= 15 is 0 Å². The second-order valence-electron chi connectivity index (χ2n) is 6.49. The van der Waals surface area contributed by atoms with Gasteiger partial charge in [0.2, 0.25) is 0 Å². The van der Waals surface area contributed by atoms with Crippen LogP contribution in [0.15, 0.2) is 42.5 Å². The molecule has 1 aromatic heterocycles. The summed E-state index contributed by atoms with van der Waals surface area (Å²) in [6.07, 6.45) is 3.76. The highest BCUT2D eigenvalue weighted by molar-refractivity contribution is 7.19. The number of esters is 1. The molecule has 0 N–H and O–H groups in total. The lowest BCUT2D eigenvalue weighted by atomic mass is 10.0. The van der Waals surface area contributed by atoms with Gasteiger partial charge in [-0.25, -0.2) is 0 Å². The van der Waals surface area contributed by atoms with Gasteiger partial charge in [0.25, 0.3) is 0 Å². The lowest BCUT2D eigenvalue weighted by Gasteiger charge is -2.08. The van der Waals surface area contributed by atoms with Crippen LogP contribution < -0.4 is 0 Å². The second-order valence-corrected chi connectivity index (χ2v) is 8.48. The van der Waals surface area contributed by atoms with E-state index < -0.39 is 0 Å². The molecular formula is C22H22Cl2O2S. The number of hydrogen-bond donors (Lipinski definition) is 0. The maximum Gasteiger partial charge on any atom is 0.306 e. The number of hydrogen-bond acceptors (Lipinski definition) is 3. The van der Waals surface area contributed by atoms with Crippen molar-refractivity contribution in [2.24, 2.45) is 0 Å². The number of rotatable bonds is 8. The van der Waals surface area contributed by atoms with E-state index in [1.165, 1.54) is 20.5 Å². The van der Waals surface area contributed by atoms with E-state index in [2.05, 4.69) is 31.2 Å². The van der Waals surface area contributed by atoms with E-state index in [0.717, 1.165) is 18.4 Å². The van der Waals surface area contributed by atoms with Gasteiger partial charge in [0, 0.05) is 26.0 Å². The Kier molecular flexibility index (Phi) is 7.17. The molecule has 142 valence electrons. The number of fused-ring (bicyclic) bond motifs is 1. The Morgan fingerprint density at radius 1 is 1.11 bits per heavy atom. The fourth-order valence-corrected chi connectivity index (χ4v) is 4.61. The minimum absolute atomic E-state index is 0.121. The Balaban J connectivity index is 1.74. The Bertz CT molecular complexity index is 913. The monoisotopic (exact) mass is 420 g/mol. The molecule has 27 heavy (non-hydrogen) atoms. The van der Waals surface area contributed by atoms with E-state index in [-0.39, 0.29) is 5.97 Å². The molecule has 0 atom stereocenters. The molecule has 0 unspecified atom stereocenters. The molecule has 0 aliphatic rings. The zero-order valence-electron chi connectivity index (χ0n) is 15.3. The summed E-state index contributed by atoms with van der Waals surface area (Å²) in [6.45, 7) is 2.60. The van der Waals surface area contributed by atoms with Crippen LogP contribution in [0.4, 0.5) is 0 Å². The maximum absolute atomic E-state index is 11.8. The SMILES string of the molecule is CCCCOC(=O)CCc1cc2c(Cc3c(Cl)cccc3Cl)cccc2s1. The van der Waals surface area contributed by atoms with Gasteiger partial charge < -0.3 is 4.74 Å². The summed E-state index contributed by atoms with van der Waals surface area (Å²) in [5.74, 6) is -0.121. The Morgan fingerprint density at radius 2 is 1.85 bits per heavy atom. The third-order valence-corrected chi connectivity index (χ3v) is 6.34. The van der Waals surface area contributed by atoms with Crippen LogP contribution in [-0.2, 0) is 22.4 Å². The standard InChI is InChI=1S/C22H22Cl2O2S/c1-2-3-12-26-22(25)11-10-16-14-17-15(6-4-9-21(17)27-16)13-18-19(23)7-5-8-20(18)24/h4-9,14H,2-3,10-13H2,1H3. The van der Waals surface area contributed by atoms with Gasteiger partial charge in [-0.05, 0) is 53.6 Å². The Hall–Kier alpha value is -1.55. The molecule has 2 aromatic carbocycles. The number of carbonyl (C=O) groups is 1. The molecule has 1 heterocycles. The average molecular weight is 421 g/mol. The fourth-order valence-electron chi connectivity index (χ4n) is 2.97. The quantitative estimate of drug-likeness (QED) is 0.287. The molecular weight excluding hydrogens is 399 g/mol. The van der Waals surface area contributed by atoms with Gasteiger partial charge >= 0.3 is 5.97 Å². The van der Waals surface area contributed by atoms with E-state index in [0.29, 0.717) is 35.9 Å². The van der Waals surface area contributed by atoms with Gasteiger partial charge in [-0.3, -0.25) is 4.79 Å². The predicted molar refractivity (Wildman–Crippen MR) is 115 cm³/mol. The number of carbonyl (C=O) groups excluding carboxylic acids is 1. The van der Waals surface area contributed by atoms with Crippen molar-refractivity contribution in [1.82, 2.24) is 0 Å². The van der Waals surface area contributed by atoms with Gasteiger partial charge in [-0.2, -0.15) is 0 Å². The van der Waals surface area contributed by atoms with Crippen LogP contribution in [0, 0.1) is 0 Å². The highest BCUT2D eigenvalue weighted by Crippen LogP contribution is 2.33. The van der Waals surface area contributed by atoms with E-state index in [1.807, 2.05) is 18.2 Å². The highest BCUT2D eigenvalue weighted by Gasteiger charge is 2.12. The first kappa shape index (κ1) is 20.2. The zero-order chi connectivity index (χ0) is 19.2. The Morgan fingerprint density at radius 3 is 2.59 bits per heavy atom. The van der Waals surface area contributed by atoms with E-state index in [1.54, 1.807) is 11.3 Å². The van der Waals surface area contributed by atoms with Crippen molar-refractivity contribution in [3.63, 3.8) is 0 Å². The molecule has 0 spiro atoms. The molecule has 0 aliphatic carbocycles. The number of thiophene rings is 1. The highest BCUT2D eigenvalue weighted by atomic mass is 35.5. The number of benzene rings is 2. The van der Waals surface area contributed by atoms with Gasteiger partial charge in [0.05, 0.1) is 13.0 Å². The lowest BCUT2D eigenvalue weighted by molar-refractivity contribution is -0.143. The van der Waals surface area contributed by atoms with E-state index in [4.69, 9.17) is 27.9 Å². The molecule has 2 nitrogen and oxygen atoms in total. The van der Waals surface area contributed by atoms with Crippen LogP contribution in [0.5, 0.6) is 0 Å². The molecule has 0 saturated carbocycles. The number of halogens is 2. The third kappa shape index (κ3) is 5.25. The average Bonchev–Trinajstić information content (AvgIpc) is 3.07. The zero-order valence-corrected chi connectivity index (χ0v) is 17.6. The Labute approximate surface area is 174 Å². The van der Waals surface area contributed by atoms with Gasteiger partial charge in [-0.15, -0.1) is 11.3 Å². The fraction of sp³-hybridized carbons (Fsp3) is 0.318. The van der Waals surface area contributed by atoms with Gasteiger partial charge in [0.15, 0.2) is 0 Å². The van der Waals surface area contributed by atoms with Crippen LogP contribution in [0.2, 0.25) is 10.0 Å². The van der Waals surface area contributed by atoms with Crippen LogP contribution >= 0.6 is 34.5 Å². The smallest absolute Gasteiger partial charge is 0.306 e. The molecule has 5 heteroatoms.